The lowest BCUT2D eigenvalue weighted by atomic mass is 10.2. The maximum atomic E-state index is 12.3. The van der Waals surface area contributed by atoms with Crippen molar-refractivity contribution in [2.75, 3.05) is 11.9 Å². The van der Waals surface area contributed by atoms with Crippen LogP contribution in [0.15, 0.2) is 24.3 Å². The van der Waals surface area contributed by atoms with Gasteiger partial charge in [0.25, 0.3) is 0 Å². The van der Waals surface area contributed by atoms with Crippen molar-refractivity contribution in [2.45, 2.75) is 32.0 Å². The average Bonchev–Trinajstić information content (AvgIpc) is 2.26. The van der Waals surface area contributed by atoms with Gasteiger partial charge in [0.1, 0.15) is 0 Å². The number of anilines is 1. The number of hydrogen-bond acceptors (Lipinski definition) is 2. The van der Waals surface area contributed by atoms with Crippen LogP contribution >= 0.6 is 0 Å². The predicted molar refractivity (Wildman–Crippen MR) is 60.8 cm³/mol. The molecular formula is C12H16F3NO. The summed E-state index contributed by atoms with van der Waals surface area (Å²) in [6.45, 7) is 2.31. The lowest BCUT2D eigenvalue weighted by Gasteiger charge is -2.12. The number of nitrogens with one attached hydrogen (secondary N) is 1. The molecule has 0 aliphatic carbocycles. The van der Waals surface area contributed by atoms with E-state index in [-0.39, 0.29) is 0 Å². The van der Waals surface area contributed by atoms with Gasteiger partial charge in [0.15, 0.2) is 0 Å². The molecule has 1 rings (SSSR count). The molecule has 0 heterocycles. The summed E-state index contributed by atoms with van der Waals surface area (Å²) < 4.78 is 36.8. The van der Waals surface area contributed by atoms with E-state index in [1.54, 1.807) is 0 Å². The van der Waals surface area contributed by atoms with Gasteiger partial charge in [-0.25, -0.2) is 0 Å². The van der Waals surface area contributed by atoms with Gasteiger partial charge in [-0.05, 0) is 30.7 Å². The van der Waals surface area contributed by atoms with Crippen molar-refractivity contribution in [1.82, 2.24) is 0 Å². The Bertz CT molecular complexity index is 335. The summed E-state index contributed by atoms with van der Waals surface area (Å²) in [5.74, 6) is 0. The summed E-state index contributed by atoms with van der Waals surface area (Å²) in [6, 6.07) is 4.77. The zero-order chi connectivity index (χ0) is 12.9. The third-order valence-corrected chi connectivity index (χ3v) is 2.38. The largest absolute Gasteiger partial charge is 0.416 e. The van der Waals surface area contributed by atoms with E-state index >= 15 is 0 Å². The Morgan fingerprint density at radius 2 is 1.82 bits per heavy atom. The molecule has 1 aromatic carbocycles. The van der Waals surface area contributed by atoms with Crippen LogP contribution < -0.4 is 5.32 Å². The van der Waals surface area contributed by atoms with E-state index < -0.39 is 17.8 Å². The van der Waals surface area contributed by atoms with E-state index in [9.17, 15) is 18.3 Å². The molecule has 0 aliphatic heterocycles. The third kappa shape index (κ3) is 4.65. The molecule has 17 heavy (non-hydrogen) atoms. The standard InChI is InChI=1S/C12H16F3NO/c1-2-3-11(17)8-16-10-6-4-9(5-7-10)12(13,14)15/h4-7,11,16-17H,2-3,8H2,1H3. The van der Waals surface area contributed by atoms with Crippen LogP contribution in [0.25, 0.3) is 0 Å². The lowest BCUT2D eigenvalue weighted by Crippen LogP contribution is -2.19. The van der Waals surface area contributed by atoms with E-state index in [4.69, 9.17) is 0 Å². The molecule has 5 heteroatoms. The van der Waals surface area contributed by atoms with E-state index in [2.05, 4.69) is 5.32 Å². The van der Waals surface area contributed by atoms with Crippen LogP contribution in [0.4, 0.5) is 18.9 Å². The molecule has 1 unspecified atom stereocenters. The van der Waals surface area contributed by atoms with E-state index in [1.807, 2.05) is 6.92 Å². The first-order valence-electron chi connectivity index (χ1n) is 5.52. The minimum Gasteiger partial charge on any atom is -0.391 e. The topological polar surface area (TPSA) is 32.3 Å². The van der Waals surface area contributed by atoms with Crippen LogP contribution in [0.5, 0.6) is 0 Å². The number of aliphatic hydroxyl groups excluding tert-OH is 1. The Balaban J connectivity index is 2.51. The molecule has 96 valence electrons. The summed E-state index contributed by atoms with van der Waals surface area (Å²) in [5.41, 5.74) is -0.0923. The van der Waals surface area contributed by atoms with Crippen LogP contribution in [-0.4, -0.2) is 17.8 Å². The van der Waals surface area contributed by atoms with Crippen molar-refractivity contribution < 1.29 is 18.3 Å². The molecule has 0 fully saturated rings. The molecule has 1 atom stereocenters. The van der Waals surface area contributed by atoms with Crippen molar-refractivity contribution >= 4 is 5.69 Å². The summed E-state index contributed by atoms with van der Waals surface area (Å²) in [7, 11) is 0. The van der Waals surface area contributed by atoms with Crippen LogP contribution in [0.3, 0.4) is 0 Å². The summed E-state index contributed by atoms with van der Waals surface area (Å²) in [6.07, 6.45) is -3.23. The molecule has 0 aromatic heterocycles. The number of hydrogen-bond donors (Lipinski definition) is 2. The van der Waals surface area contributed by atoms with Gasteiger partial charge in [-0.2, -0.15) is 13.2 Å². The maximum absolute atomic E-state index is 12.3. The van der Waals surface area contributed by atoms with Crippen molar-refractivity contribution in [1.29, 1.82) is 0 Å². The number of alkyl halides is 3. The summed E-state index contributed by atoms with van der Waals surface area (Å²) in [4.78, 5) is 0. The fourth-order valence-corrected chi connectivity index (χ4v) is 1.45. The fourth-order valence-electron chi connectivity index (χ4n) is 1.45. The molecule has 0 radical (unpaired) electrons. The van der Waals surface area contributed by atoms with Crippen LogP contribution in [0.1, 0.15) is 25.3 Å². The average molecular weight is 247 g/mol. The monoisotopic (exact) mass is 247 g/mol. The Labute approximate surface area is 98.5 Å². The third-order valence-electron chi connectivity index (χ3n) is 2.38. The Hall–Kier alpha value is -1.23. The highest BCUT2D eigenvalue weighted by molar-refractivity contribution is 5.45. The number of halogens is 3. The minimum atomic E-state index is -4.31. The van der Waals surface area contributed by atoms with Gasteiger partial charge in [0.05, 0.1) is 11.7 Å². The first-order valence-corrected chi connectivity index (χ1v) is 5.52. The van der Waals surface area contributed by atoms with E-state index in [0.717, 1.165) is 18.6 Å². The number of rotatable bonds is 5. The maximum Gasteiger partial charge on any atom is 0.416 e. The molecule has 0 spiro atoms. The molecular weight excluding hydrogens is 231 g/mol. The Morgan fingerprint density at radius 3 is 2.29 bits per heavy atom. The van der Waals surface area contributed by atoms with E-state index in [1.165, 1.54) is 12.1 Å². The molecule has 0 saturated heterocycles. The smallest absolute Gasteiger partial charge is 0.391 e. The first kappa shape index (κ1) is 13.8. The second kappa shape index (κ2) is 5.91. The zero-order valence-electron chi connectivity index (χ0n) is 9.59. The molecule has 1 aromatic rings. The predicted octanol–water partition coefficient (Wildman–Crippen LogP) is 3.28. The van der Waals surface area contributed by atoms with Crippen molar-refractivity contribution in [3.8, 4) is 0 Å². The molecule has 2 N–H and O–H groups in total. The molecule has 0 aliphatic rings. The highest BCUT2D eigenvalue weighted by Gasteiger charge is 2.29. The highest BCUT2D eigenvalue weighted by Crippen LogP contribution is 2.29. The van der Waals surface area contributed by atoms with Crippen LogP contribution in [0.2, 0.25) is 0 Å². The van der Waals surface area contributed by atoms with Crippen LogP contribution in [-0.2, 0) is 6.18 Å². The van der Waals surface area contributed by atoms with Gasteiger partial charge in [-0.15, -0.1) is 0 Å². The Morgan fingerprint density at radius 1 is 1.24 bits per heavy atom. The SMILES string of the molecule is CCCC(O)CNc1ccc(C(F)(F)F)cc1. The second-order valence-corrected chi connectivity index (χ2v) is 3.90. The van der Waals surface area contributed by atoms with Gasteiger partial charge in [-0.1, -0.05) is 13.3 Å². The minimum absolute atomic E-state index is 0.346. The zero-order valence-corrected chi connectivity index (χ0v) is 9.59. The van der Waals surface area contributed by atoms with Crippen LogP contribution in [0, 0.1) is 0 Å². The Kier molecular flexibility index (Phi) is 4.81. The molecule has 0 amide bonds. The normalized spacial score (nSPS) is 13.5. The lowest BCUT2D eigenvalue weighted by molar-refractivity contribution is -0.137. The van der Waals surface area contributed by atoms with Gasteiger partial charge in [0.2, 0.25) is 0 Å². The quantitative estimate of drug-likeness (QED) is 0.836. The highest BCUT2D eigenvalue weighted by atomic mass is 19.4. The van der Waals surface area contributed by atoms with Crippen molar-refractivity contribution in [2.24, 2.45) is 0 Å². The molecule has 0 saturated carbocycles. The fraction of sp³-hybridized carbons (Fsp3) is 0.500. The molecule has 2 nitrogen and oxygen atoms in total. The van der Waals surface area contributed by atoms with Gasteiger partial charge in [-0.3, -0.25) is 0 Å². The van der Waals surface area contributed by atoms with Gasteiger partial charge in [0, 0.05) is 12.2 Å². The van der Waals surface area contributed by atoms with Gasteiger partial charge < -0.3 is 10.4 Å². The van der Waals surface area contributed by atoms with Crippen molar-refractivity contribution in [3.63, 3.8) is 0 Å². The molecule has 0 bridgehead atoms. The second-order valence-electron chi connectivity index (χ2n) is 3.90. The van der Waals surface area contributed by atoms with Crippen molar-refractivity contribution in [3.05, 3.63) is 29.8 Å². The number of aliphatic hydroxyl groups is 1. The van der Waals surface area contributed by atoms with E-state index in [0.29, 0.717) is 18.7 Å². The summed E-state index contributed by atoms with van der Waals surface area (Å²) in [5, 5.41) is 12.3. The van der Waals surface area contributed by atoms with Gasteiger partial charge >= 0.3 is 6.18 Å². The first-order chi connectivity index (χ1) is 7.93. The number of benzene rings is 1. The summed E-state index contributed by atoms with van der Waals surface area (Å²) >= 11 is 0.